The average Bonchev–Trinajstić information content (AvgIpc) is 2.80. The Hall–Kier alpha value is -1.72. The largest absolute Gasteiger partial charge is 0.870 e. The van der Waals surface area contributed by atoms with Gasteiger partial charge in [0, 0.05) is 11.1 Å². The summed E-state index contributed by atoms with van der Waals surface area (Å²) < 4.78 is 2.50. The first-order valence-electron chi connectivity index (χ1n) is 12.8. The summed E-state index contributed by atoms with van der Waals surface area (Å²) in [6.07, 6.45) is 11.3. The van der Waals surface area contributed by atoms with Crippen molar-refractivity contribution in [1.82, 2.24) is 0 Å². The molecule has 0 atom stereocenters. The molecule has 0 unspecified atom stereocenters. The lowest BCUT2D eigenvalue weighted by Crippen LogP contribution is -2.48. The molecule has 4 nitrogen and oxygen atoms in total. The number of hydrogen-bond donors (Lipinski definition) is 0. The number of rotatable bonds is 2. The van der Waals surface area contributed by atoms with Crippen LogP contribution in [-0.2, 0) is 19.5 Å². The van der Waals surface area contributed by atoms with Gasteiger partial charge in [-0.3, -0.25) is 0 Å². The van der Waals surface area contributed by atoms with Crippen LogP contribution in [0.2, 0.25) is 0 Å². The van der Waals surface area contributed by atoms with E-state index in [0.717, 1.165) is 5.92 Å². The minimum absolute atomic E-state index is 0. The molecule has 2 aromatic carbocycles. The topological polar surface area (TPSA) is 60.0 Å². The van der Waals surface area contributed by atoms with E-state index in [2.05, 4.69) is 68.7 Å². The van der Waals surface area contributed by atoms with Crippen LogP contribution in [0.5, 0.6) is 0 Å². The Morgan fingerprint density at radius 2 is 1.36 bits per heavy atom. The third-order valence-electron chi connectivity index (χ3n) is 8.09. The minimum atomic E-state index is 0. The molecule has 4 aliphatic heterocycles. The quantitative estimate of drug-likeness (QED) is 0.535. The third-order valence-corrected chi connectivity index (χ3v) is 8.09. The minimum Gasteiger partial charge on any atom is -0.870 e. The molecule has 4 heteroatoms. The van der Waals surface area contributed by atoms with Crippen LogP contribution in [-0.4, -0.2) is 60.2 Å². The summed E-state index contributed by atoms with van der Waals surface area (Å²) in [4.78, 5) is 0. The van der Waals surface area contributed by atoms with Gasteiger partial charge in [0.25, 0.3) is 0 Å². The van der Waals surface area contributed by atoms with Crippen LogP contribution in [0.1, 0.15) is 61.6 Å². The smallest absolute Gasteiger partial charge is 0.104 e. The van der Waals surface area contributed by atoms with Crippen molar-refractivity contribution in [2.24, 2.45) is 5.92 Å². The zero-order chi connectivity index (χ0) is 21.6. The van der Waals surface area contributed by atoms with E-state index in [4.69, 9.17) is 0 Å². The van der Waals surface area contributed by atoms with Gasteiger partial charge in [-0.15, -0.1) is 0 Å². The number of aryl methyl sites for hydroxylation is 1. The number of fused-ring (bicyclic) bond motifs is 4. The van der Waals surface area contributed by atoms with E-state index in [0.29, 0.717) is 0 Å². The normalized spacial score (nSPS) is 25.8. The van der Waals surface area contributed by atoms with Gasteiger partial charge in [-0.2, -0.15) is 0 Å². The monoisotopic (exact) mass is 454 g/mol. The highest BCUT2D eigenvalue weighted by atomic mass is 16.0. The van der Waals surface area contributed by atoms with Crippen LogP contribution in [0.4, 0.5) is 0 Å². The molecule has 0 aliphatic carbocycles. The average molecular weight is 455 g/mol. The van der Waals surface area contributed by atoms with Crippen molar-refractivity contribution in [3.8, 4) is 0 Å². The van der Waals surface area contributed by atoms with Crippen molar-refractivity contribution >= 4 is 0 Å². The summed E-state index contributed by atoms with van der Waals surface area (Å²) in [5.74, 6) is 1.01. The van der Waals surface area contributed by atoms with Gasteiger partial charge in [-0.25, -0.2) is 0 Å². The van der Waals surface area contributed by atoms with Gasteiger partial charge >= 0.3 is 0 Å². The third kappa shape index (κ3) is 8.22. The number of likely N-dealkylation sites (tertiary alicyclic amines) is 1. The number of piperidine rings is 2. The maximum Gasteiger partial charge on any atom is 0.104 e. The van der Waals surface area contributed by atoms with Crippen LogP contribution in [0.3, 0.4) is 0 Å². The Kier molecular flexibility index (Phi) is 10.6. The second kappa shape index (κ2) is 12.7. The van der Waals surface area contributed by atoms with E-state index >= 15 is 0 Å². The highest BCUT2D eigenvalue weighted by Crippen LogP contribution is 2.29. The number of nitrogens with zero attached hydrogens (tertiary/aromatic N) is 2. The van der Waals surface area contributed by atoms with Gasteiger partial charge in [-0.05, 0) is 62.8 Å². The van der Waals surface area contributed by atoms with Crippen molar-refractivity contribution in [2.75, 3.05) is 40.3 Å². The molecule has 2 aromatic rings. The lowest BCUT2D eigenvalue weighted by Gasteiger charge is -2.40. The van der Waals surface area contributed by atoms with Crippen LogP contribution < -0.4 is 0 Å². The van der Waals surface area contributed by atoms with Gasteiger partial charge in [0.05, 0.1) is 40.3 Å². The van der Waals surface area contributed by atoms with Gasteiger partial charge in [0.1, 0.15) is 13.1 Å². The summed E-state index contributed by atoms with van der Waals surface area (Å²) >= 11 is 0. The summed E-state index contributed by atoms with van der Waals surface area (Å²) in [6.45, 7) is 7.93. The molecule has 4 heterocycles. The molecule has 2 fully saturated rings. The lowest BCUT2D eigenvalue weighted by molar-refractivity contribution is -0.928. The van der Waals surface area contributed by atoms with Crippen LogP contribution in [0.15, 0.2) is 54.6 Å². The maximum absolute atomic E-state index is 2.45. The van der Waals surface area contributed by atoms with Crippen molar-refractivity contribution in [2.45, 2.75) is 64.5 Å². The zero-order valence-electron chi connectivity index (χ0n) is 21.0. The standard InChI is InChI=1S/C16H24N.C13H20N.2H2O/c1-17-10-8-14(9-11-17)4-2-5-15-6-3-7-16(12-15)13-17;1-14(10-6-3-7-11-14)12-13-8-4-2-5-9-13;;/h3,6-7,12,14H,2,4-5,8-11,13H2,1H3;2,4-5,8-9H,3,6-7,10-12H2,1H3;2*1H2/q2*+1;;/p-2. The highest BCUT2D eigenvalue weighted by molar-refractivity contribution is 5.23. The fraction of sp³-hybridized carbons (Fsp3) is 0.586. The molecular weight excluding hydrogens is 408 g/mol. The Labute approximate surface area is 202 Å². The SMILES string of the molecule is C[N+]1(Cc2ccccc2)CCCCC1.C[N+]12CCC(CCCc3cccc(c3)C1)CC2.[OH-].[OH-]. The summed E-state index contributed by atoms with van der Waals surface area (Å²) in [5, 5.41) is 0. The Bertz CT molecular complexity index is 809. The van der Waals surface area contributed by atoms with E-state index in [1.54, 1.807) is 11.1 Å². The summed E-state index contributed by atoms with van der Waals surface area (Å²) in [5.41, 5.74) is 4.58. The molecule has 4 aliphatic rings. The summed E-state index contributed by atoms with van der Waals surface area (Å²) in [7, 11) is 4.84. The molecule has 33 heavy (non-hydrogen) atoms. The Morgan fingerprint density at radius 3 is 2.06 bits per heavy atom. The molecule has 6 rings (SSSR count). The number of quaternary nitrogens is 2. The van der Waals surface area contributed by atoms with Crippen molar-refractivity contribution < 1.29 is 19.9 Å². The molecule has 0 saturated carbocycles. The first-order valence-corrected chi connectivity index (χ1v) is 12.8. The molecule has 2 saturated heterocycles. The first-order chi connectivity index (χ1) is 15.0. The fourth-order valence-electron chi connectivity index (χ4n) is 6.07. The number of hydrogen-bond acceptors (Lipinski definition) is 2. The van der Waals surface area contributed by atoms with Gasteiger partial charge < -0.3 is 19.9 Å². The van der Waals surface area contributed by atoms with Crippen molar-refractivity contribution in [3.05, 3.63) is 71.3 Å². The van der Waals surface area contributed by atoms with Crippen molar-refractivity contribution in [1.29, 1.82) is 0 Å². The number of benzene rings is 2. The Balaban J connectivity index is 0.000000224. The van der Waals surface area contributed by atoms with E-state index in [1.807, 2.05) is 0 Å². The molecule has 0 spiro atoms. The van der Waals surface area contributed by atoms with Crippen LogP contribution in [0, 0.1) is 5.92 Å². The van der Waals surface area contributed by atoms with E-state index < -0.39 is 0 Å². The fourth-order valence-corrected chi connectivity index (χ4v) is 6.07. The predicted octanol–water partition coefficient (Wildman–Crippen LogP) is 5.84. The lowest BCUT2D eigenvalue weighted by atomic mass is 9.90. The predicted molar refractivity (Wildman–Crippen MR) is 136 cm³/mol. The van der Waals surface area contributed by atoms with Gasteiger partial charge in [0.2, 0.25) is 0 Å². The van der Waals surface area contributed by atoms with E-state index in [1.165, 1.54) is 105 Å². The Morgan fingerprint density at radius 1 is 0.697 bits per heavy atom. The molecule has 2 N–H and O–H groups in total. The van der Waals surface area contributed by atoms with Crippen LogP contribution >= 0.6 is 0 Å². The van der Waals surface area contributed by atoms with Gasteiger partial charge in [0.15, 0.2) is 0 Å². The maximum atomic E-state index is 2.45. The molecular formula is C29H46N2O2. The molecule has 4 bridgehead atoms. The van der Waals surface area contributed by atoms with Crippen molar-refractivity contribution in [3.63, 3.8) is 0 Å². The summed E-state index contributed by atoms with van der Waals surface area (Å²) in [6, 6.07) is 20.2. The van der Waals surface area contributed by atoms with E-state index in [9.17, 15) is 0 Å². The second-order valence-electron chi connectivity index (χ2n) is 11.2. The van der Waals surface area contributed by atoms with Crippen LogP contribution in [0.25, 0.3) is 0 Å². The molecule has 0 aromatic heterocycles. The highest BCUT2D eigenvalue weighted by Gasteiger charge is 2.30. The molecule has 0 radical (unpaired) electrons. The van der Waals surface area contributed by atoms with Gasteiger partial charge in [-0.1, -0.05) is 54.6 Å². The van der Waals surface area contributed by atoms with E-state index in [-0.39, 0.29) is 11.0 Å². The molecule has 184 valence electrons. The zero-order valence-corrected chi connectivity index (χ0v) is 21.0. The second-order valence-corrected chi connectivity index (χ2v) is 11.2. The molecule has 0 amide bonds. The first kappa shape index (κ1) is 27.5.